The molecule has 4 nitrogen and oxygen atoms in total. The van der Waals surface area contributed by atoms with Gasteiger partial charge in [-0.3, -0.25) is 9.59 Å². The molecule has 1 amide bonds. The van der Waals surface area contributed by atoms with Crippen LogP contribution in [0.3, 0.4) is 0 Å². The topological polar surface area (TPSA) is 55.4 Å². The van der Waals surface area contributed by atoms with Crippen LogP contribution >= 0.6 is 0 Å². The van der Waals surface area contributed by atoms with E-state index >= 15 is 0 Å². The Balaban J connectivity index is 2.13. The van der Waals surface area contributed by atoms with Crippen LogP contribution in [0.5, 0.6) is 0 Å². The summed E-state index contributed by atoms with van der Waals surface area (Å²) in [5.41, 5.74) is 2.76. The molecule has 2 aromatic rings. The lowest BCUT2D eigenvalue weighted by Crippen LogP contribution is -2.34. The second-order valence-corrected chi connectivity index (χ2v) is 7.99. The third-order valence-corrected chi connectivity index (χ3v) is 5.40. The van der Waals surface area contributed by atoms with E-state index in [4.69, 9.17) is 4.74 Å². The average molecular weight is 408 g/mol. The number of carbonyl (C=O) groups excluding carboxylic acids is 2. The molecular weight excluding hydrogens is 374 g/mol. The van der Waals surface area contributed by atoms with Crippen molar-refractivity contribution in [3.8, 4) is 0 Å². The zero-order valence-corrected chi connectivity index (χ0v) is 18.3. The molecule has 30 heavy (non-hydrogen) atoms. The van der Waals surface area contributed by atoms with E-state index in [9.17, 15) is 9.59 Å². The van der Waals surface area contributed by atoms with Gasteiger partial charge in [-0.25, -0.2) is 0 Å². The zero-order chi connectivity index (χ0) is 21.9. The lowest BCUT2D eigenvalue weighted by molar-refractivity contribution is -0.141. The van der Waals surface area contributed by atoms with Crippen molar-refractivity contribution in [2.45, 2.75) is 46.1 Å². The van der Waals surface area contributed by atoms with E-state index < -0.39 is 0 Å². The molecule has 0 aliphatic heterocycles. The number of ether oxygens (including phenoxy) is 1. The number of hydrogen-bond donors (Lipinski definition) is 1. The Morgan fingerprint density at radius 1 is 0.933 bits per heavy atom. The molecule has 0 saturated carbocycles. The van der Waals surface area contributed by atoms with Crippen molar-refractivity contribution >= 4 is 11.9 Å². The van der Waals surface area contributed by atoms with E-state index in [-0.39, 0.29) is 23.8 Å². The Hall–Kier alpha value is -2.88. The van der Waals surface area contributed by atoms with Crippen molar-refractivity contribution in [1.29, 1.82) is 0 Å². The molecule has 3 atom stereocenters. The zero-order valence-electron chi connectivity index (χ0n) is 18.3. The minimum absolute atomic E-state index is 0.0846. The summed E-state index contributed by atoms with van der Waals surface area (Å²) >= 11 is 0. The summed E-state index contributed by atoms with van der Waals surface area (Å²) in [7, 11) is 0. The fraction of sp³-hybridized carbons (Fsp3) is 0.385. The summed E-state index contributed by atoms with van der Waals surface area (Å²) in [4.78, 5) is 23.9. The Morgan fingerprint density at radius 3 is 2.10 bits per heavy atom. The van der Waals surface area contributed by atoms with Gasteiger partial charge in [-0.05, 0) is 49.8 Å². The number of amides is 1. The lowest BCUT2D eigenvalue weighted by Gasteiger charge is -2.30. The lowest BCUT2D eigenvalue weighted by atomic mass is 9.82. The van der Waals surface area contributed by atoms with Crippen LogP contribution in [-0.2, 0) is 9.53 Å². The Kier molecular flexibility index (Phi) is 9.33. The Morgan fingerprint density at radius 2 is 1.53 bits per heavy atom. The Bertz CT molecular complexity index is 817. The van der Waals surface area contributed by atoms with E-state index in [0.29, 0.717) is 18.1 Å². The average Bonchev–Trinajstić information content (AvgIpc) is 2.73. The van der Waals surface area contributed by atoms with Crippen molar-refractivity contribution in [3.05, 3.63) is 83.9 Å². The van der Waals surface area contributed by atoms with E-state index in [0.717, 1.165) is 30.4 Å². The predicted octanol–water partition coefficient (Wildman–Crippen LogP) is 5.72. The van der Waals surface area contributed by atoms with Gasteiger partial charge >= 0.3 is 5.97 Å². The highest BCUT2D eigenvalue weighted by molar-refractivity contribution is 5.94. The molecule has 0 aliphatic rings. The fourth-order valence-electron chi connectivity index (χ4n) is 3.60. The van der Waals surface area contributed by atoms with Crippen molar-refractivity contribution in [1.82, 2.24) is 5.32 Å². The maximum absolute atomic E-state index is 12.9. The van der Waals surface area contributed by atoms with E-state index in [1.54, 1.807) is 0 Å². The number of rotatable bonds is 11. The molecular formula is C26H33NO3. The van der Waals surface area contributed by atoms with Gasteiger partial charge in [-0.2, -0.15) is 0 Å². The second kappa shape index (κ2) is 12.0. The summed E-state index contributed by atoms with van der Waals surface area (Å²) < 4.78 is 5.07. The molecule has 3 unspecified atom stereocenters. The van der Waals surface area contributed by atoms with Crippen molar-refractivity contribution in [2.24, 2.45) is 11.8 Å². The summed E-state index contributed by atoms with van der Waals surface area (Å²) in [5.74, 6) is 0.192. The second-order valence-electron chi connectivity index (χ2n) is 7.99. The highest BCUT2D eigenvalue weighted by atomic mass is 16.5. The normalized spacial score (nSPS) is 13.7. The molecule has 2 aromatic carbocycles. The van der Waals surface area contributed by atoms with Crippen LogP contribution in [0.1, 0.15) is 62.0 Å². The molecule has 0 saturated heterocycles. The van der Waals surface area contributed by atoms with Crippen LogP contribution in [0.25, 0.3) is 0 Å². The first-order chi connectivity index (χ1) is 14.4. The van der Waals surface area contributed by atoms with Gasteiger partial charge < -0.3 is 10.1 Å². The van der Waals surface area contributed by atoms with Crippen LogP contribution in [0.15, 0.2) is 72.8 Å². The molecule has 2 rings (SSSR count). The van der Waals surface area contributed by atoms with E-state index in [1.807, 2.05) is 55.5 Å². The maximum Gasteiger partial charge on any atom is 0.302 e. The van der Waals surface area contributed by atoms with Crippen LogP contribution < -0.4 is 5.32 Å². The quantitative estimate of drug-likeness (QED) is 0.383. The van der Waals surface area contributed by atoms with Gasteiger partial charge in [0, 0.05) is 18.4 Å². The highest BCUT2D eigenvalue weighted by Crippen LogP contribution is 2.33. The maximum atomic E-state index is 12.9. The first kappa shape index (κ1) is 23.4. The summed E-state index contributed by atoms with van der Waals surface area (Å²) in [6.07, 6.45) is 2.68. The van der Waals surface area contributed by atoms with Gasteiger partial charge in [0.25, 0.3) is 5.91 Å². The molecule has 0 fully saturated rings. The van der Waals surface area contributed by atoms with Gasteiger partial charge in [-0.1, -0.05) is 67.6 Å². The smallest absolute Gasteiger partial charge is 0.302 e. The van der Waals surface area contributed by atoms with Crippen LogP contribution in [-0.4, -0.2) is 18.5 Å². The standard InChI is InChI=1S/C26H33NO3/c1-19(2)24(16-15-20(3)17-18-30-21(4)28)25(22-11-7-5-8-12-22)27-26(29)23-13-9-6-10-14-23/h5-14,20,24-25H,1,15-18H2,2-4H3,(H,27,29). The predicted molar refractivity (Wildman–Crippen MR) is 121 cm³/mol. The van der Waals surface area contributed by atoms with E-state index in [1.165, 1.54) is 6.92 Å². The number of nitrogens with one attached hydrogen (secondary N) is 1. The number of carbonyl (C=O) groups is 2. The van der Waals surface area contributed by atoms with Gasteiger partial charge in [0.2, 0.25) is 0 Å². The van der Waals surface area contributed by atoms with Crippen LogP contribution in [0.4, 0.5) is 0 Å². The molecule has 4 heteroatoms. The third kappa shape index (κ3) is 7.51. The summed E-state index contributed by atoms with van der Waals surface area (Å²) in [5, 5.41) is 3.24. The minimum atomic E-state index is -0.241. The monoisotopic (exact) mass is 407 g/mol. The van der Waals surface area contributed by atoms with Crippen molar-refractivity contribution in [2.75, 3.05) is 6.61 Å². The van der Waals surface area contributed by atoms with Crippen molar-refractivity contribution < 1.29 is 14.3 Å². The summed E-state index contributed by atoms with van der Waals surface area (Å²) in [6, 6.07) is 19.2. The van der Waals surface area contributed by atoms with Gasteiger partial charge in [0.15, 0.2) is 0 Å². The van der Waals surface area contributed by atoms with Gasteiger partial charge in [0.05, 0.1) is 12.6 Å². The number of benzene rings is 2. The molecule has 0 radical (unpaired) electrons. The van der Waals surface area contributed by atoms with Crippen LogP contribution in [0.2, 0.25) is 0 Å². The molecule has 1 N–H and O–H groups in total. The molecule has 0 aromatic heterocycles. The summed E-state index contributed by atoms with van der Waals surface area (Å²) in [6.45, 7) is 10.3. The largest absolute Gasteiger partial charge is 0.466 e. The molecule has 0 spiro atoms. The van der Waals surface area contributed by atoms with Gasteiger partial charge in [-0.15, -0.1) is 0 Å². The Labute approximate surface area is 180 Å². The molecule has 0 heterocycles. The van der Waals surface area contributed by atoms with Gasteiger partial charge in [0.1, 0.15) is 0 Å². The first-order valence-electron chi connectivity index (χ1n) is 10.6. The first-order valence-corrected chi connectivity index (χ1v) is 10.6. The third-order valence-electron chi connectivity index (χ3n) is 5.40. The molecule has 0 bridgehead atoms. The number of esters is 1. The fourth-order valence-corrected chi connectivity index (χ4v) is 3.60. The SMILES string of the molecule is C=C(C)C(CCC(C)CCOC(C)=O)C(NC(=O)c1ccccc1)c1ccccc1. The molecule has 160 valence electrons. The van der Waals surface area contributed by atoms with E-state index in [2.05, 4.69) is 31.0 Å². The highest BCUT2D eigenvalue weighted by Gasteiger charge is 2.26. The van der Waals surface area contributed by atoms with Crippen LogP contribution in [0, 0.1) is 11.8 Å². The van der Waals surface area contributed by atoms with Crippen molar-refractivity contribution in [3.63, 3.8) is 0 Å². The number of hydrogen-bond acceptors (Lipinski definition) is 3. The molecule has 0 aliphatic carbocycles. The minimum Gasteiger partial charge on any atom is -0.466 e.